The quantitative estimate of drug-likeness (QED) is 0.924. The number of fused-ring (bicyclic) bond motifs is 1. The zero-order valence-corrected chi connectivity index (χ0v) is 11.4. The zero-order chi connectivity index (χ0) is 13.9. The molecule has 0 fully saturated rings. The van der Waals surface area contributed by atoms with Gasteiger partial charge in [-0.25, -0.2) is 0 Å². The molecule has 2 heterocycles. The van der Waals surface area contributed by atoms with Gasteiger partial charge in [0.05, 0.1) is 23.2 Å². The molecule has 1 amide bonds. The van der Waals surface area contributed by atoms with E-state index >= 15 is 0 Å². The van der Waals surface area contributed by atoms with Gasteiger partial charge in [0, 0.05) is 24.4 Å². The van der Waals surface area contributed by atoms with E-state index in [2.05, 4.69) is 10.3 Å². The fourth-order valence-electron chi connectivity index (χ4n) is 2.29. The van der Waals surface area contributed by atoms with Crippen LogP contribution in [0.5, 0.6) is 5.75 Å². The van der Waals surface area contributed by atoms with Crippen molar-refractivity contribution in [2.24, 2.45) is 0 Å². The van der Waals surface area contributed by atoms with E-state index < -0.39 is 0 Å². The molecule has 1 unspecified atom stereocenters. The van der Waals surface area contributed by atoms with Crippen LogP contribution in [0, 0.1) is 0 Å². The highest BCUT2D eigenvalue weighted by molar-refractivity contribution is 6.33. The molecule has 0 aliphatic carbocycles. The number of amides is 1. The minimum absolute atomic E-state index is 0.0586. The first-order chi connectivity index (χ1) is 9.75. The van der Waals surface area contributed by atoms with Gasteiger partial charge in [0.25, 0.3) is 5.91 Å². The number of hydrogen-bond donors (Lipinski definition) is 1. The second-order valence-electron chi connectivity index (χ2n) is 4.56. The molecule has 5 heteroatoms. The van der Waals surface area contributed by atoms with Crippen molar-refractivity contribution < 1.29 is 9.53 Å². The lowest BCUT2D eigenvalue weighted by Crippen LogP contribution is -2.32. The van der Waals surface area contributed by atoms with Gasteiger partial charge < -0.3 is 10.1 Å². The topological polar surface area (TPSA) is 51.2 Å². The molecule has 0 saturated carbocycles. The van der Waals surface area contributed by atoms with E-state index in [1.807, 2.05) is 24.3 Å². The first-order valence-electron chi connectivity index (χ1n) is 6.38. The van der Waals surface area contributed by atoms with Gasteiger partial charge in [-0.05, 0) is 12.1 Å². The number of halogens is 1. The Morgan fingerprint density at radius 1 is 1.35 bits per heavy atom. The number of carbonyl (C=O) groups excluding carboxylic acids is 1. The smallest absolute Gasteiger partial charge is 0.253 e. The van der Waals surface area contributed by atoms with E-state index in [0.29, 0.717) is 17.2 Å². The average molecular weight is 289 g/mol. The van der Waals surface area contributed by atoms with Gasteiger partial charge in [0.2, 0.25) is 0 Å². The van der Waals surface area contributed by atoms with Crippen molar-refractivity contribution in [2.45, 2.75) is 12.5 Å². The standard InChI is InChI=1S/C15H13ClN2O2/c16-12-9-17-7-5-10(12)15(19)18-13-6-8-20-14-4-2-1-3-11(13)14/h1-5,7,9,13H,6,8H2,(H,18,19). The molecule has 1 aromatic heterocycles. The van der Waals surface area contributed by atoms with Crippen molar-refractivity contribution in [3.05, 3.63) is 58.9 Å². The van der Waals surface area contributed by atoms with E-state index in [1.54, 1.807) is 12.3 Å². The molecule has 0 spiro atoms. The summed E-state index contributed by atoms with van der Waals surface area (Å²) in [7, 11) is 0. The van der Waals surface area contributed by atoms with Crippen LogP contribution in [0.25, 0.3) is 0 Å². The molecule has 0 saturated heterocycles. The van der Waals surface area contributed by atoms with Crippen LogP contribution in [0.15, 0.2) is 42.7 Å². The summed E-state index contributed by atoms with van der Waals surface area (Å²) in [4.78, 5) is 16.2. The molecular formula is C15H13ClN2O2. The maximum absolute atomic E-state index is 12.3. The number of hydrogen-bond acceptors (Lipinski definition) is 3. The molecular weight excluding hydrogens is 276 g/mol. The van der Waals surface area contributed by atoms with E-state index in [1.165, 1.54) is 6.20 Å². The van der Waals surface area contributed by atoms with Gasteiger partial charge in [-0.15, -0.1) is 0 Å². The Labute approximate surface area is 121 Å². The molecule has 1 atom stereocenters. The third kappa shape index (κ3) is 2.47. The lowest BCUT2D eigenvalue weighted by atomic mass is 10.0. The van der Waals surface area contributed by atoms with Gasteiger partial charge in [0.15, 0.2) is 0 Å². The fraction of sp³-hybridized carbons (Fsp3) is 0.200. The molecule has 0 bridgehead atoms. The average Bonchev–Trinajstić information content (AvgIpc) is 2.48. The molecule has 2 aromatic rings. The Morgan fingerprint density at radius 3 is 3.05 bits per heavy atom. The van der Waals surface area contributed by atoms with E-state index in [0.717, 1.165) is 17.7 Å². The lowest BCUT2D eigenvalue weighted by molar-refractivity contribution is 0.0925. The number of carbonyl (C=O) groups is 1. The molecule has 1 aromatic carbocycles. The molecule has 102 valence electrons. The van der Waals surface area contributed by atoms with Crippen LogP contribution >= 0.6 is 11.6 Å². The van der Waals surface area contributed by atoms with Crippen molar-refractivity contribution >= 4 is 17.5 Å². The fourth-order valence-corrected chi connectivity index (χ4v) is 2.49. The number of rotatable bonds is 2. The van der Waals surface area contributed by atoms with E-state index in [9.17, 15) is 4.79 Å². The predicted octanol–water partition coefficient (Wildman–Crippen LogP) is 2.99. The maximum atomic E-state index is 12.3. The van der Waals surface area contributed by atoms with E-state index in [-0.39, 0.29) is 11.9 Å². The summed E-state index contributed by atoms with van der Waals surface area (Å²) in [6.07, 6.45) is 3.76. The first-order valence-corrected chi connectivity index (χ1v) is 6.75. The normalized spacial score (nSPS) is 16.9. The Hall–Kier alpha value is -2.07. The van der Waals surface area contributed by atoms with Gasteiger partial charge in [0.1, 0.15) is 5.75 Å². The summed E-state index contributed by atoms with van der Waals surface area (Å²) >= 11 is 5.99. The van der Waals surface area contributed by atoms with Crippen molar-refractivity contribution in [3.63, 3.8) is 0 Å². The SMILES string of the molecule is O=C(NC1CCOc2ccccc21)c1ccncc1Cl. The molecule has 3 rings (SSSR count). The van der Waals surface area contributed by atoms with Gasteiger partial charge in [-0.2, -0.15) is 0 Å². The predicted molar refractivity (Wildman–Crippen MR) is 76.0 cm³/mol. The first kappa shape index (κ1) is 12.9. The summed E-state index contributed by atoms with van der Waals surface area (Å²) in [6, 6.07) is 9.29. The highest BCUT2D eigenvalue weighted by atomic mass is 35.5. The Balaban J connectivity index is 1.83. The number of aromatic nitrogens is 1. The Morgan fingerprint density at radius 2 is 2.20 bits per heavy atom. The van der Waals surface area contributed by atoms with Crippen LogP contribution in [0.4, 0.5) is 0 Å². The van der Waals surface area contributed by atoms with Crippen LogP contribution in [-0.2, 0) is 0 Å². The number of nitrogens with zero attached hydrogens (tertiary/aromatic N) is 1. The van der Waals surface area contributed by atoms with Gasteiger partial charge in [-0.1, -0.05) is 29.8 Å². The van der Waals surface area contributed by atoms with Crippen LogP contribution < -0.4 is 10.1 Å². The third-order valence-electron chi connectivity index (χ3n) is 3.28. The summed E-state index contributed by atoms with van der Waals surface area (Å²) in [5.74, 6) is 0.629. The van der Waals surface area contributed by atoms with Crippen molar-refractivity contribution in [3.8, 4) is 5.75 Å². The number of nitrogens with one attached hydrogen (secondary N) is 1. The van der Waals surface area contributed by atoms with Crippen LogP contribution in [-0.4, -0.2) is 17.5 Å². The van der Waals surface area contributed by atoms with E-state index in [4.69, 9.17) is 16.3 Å². The second kappa shape index (κ2) is 5.51. The third-order valence-corrected chi connectivity index (χ3v) is 3.58. The second-order valence-corrected chi connectivity index (χ2v) is 4.96. The van der Waals surface area contributed by atoms with Gasteiger partial charge in [-0.3, -0.25) is 9.78 Å². The van der Waals surface area contributed by atoms with Crippen LogP contribution in [0.1, 0.15) is 28.4 Å². The minimum atomic E-state index is -0.195. The molecule has 1 aliphatic heterocycles. The summed E-state index contributed by atoms with van der Waals surface area (Å²) in [5.41, 5.74) is 1.43. The number of ether oxygens (including phenoxy) is 1. The Kier molecular flexibility index (Phi) is 3.56. The monoisotopic (exact) mass is 288 g/mol. The Bertz CT molecular complexity index is 645. The number of para-hydroxylation sites is 1. The van der Waals surface area contributed by atoms with Gasteiger partial charge >= 0.3 is 0 Å². The summed E-state index contributed by atoms with van der Waals surface area (Å²) < 4.78 is 5.58. The highest BCUT2D eigenvalue weighted by Crippen LogP contribution is 2.31. The molecule has 1 aliphatic rings. The zero-order valence-electron chi connectivity index (χ0n) is 10.7. The molecule has 0 radical (unpaired) electrons. The highest BCUT2D eigenvalue weighted by Gasteiger charge is 2.23. The number of pyridine rings is 1. The lowest BCUT2D eigenvalue weighted by Gasteiger charge is -2.26. The van der Waals surface area contributed by atoms with Crippen LogP contribution in [0.3, 0.4) is 0 Å². The van der Waals surface area contributed by atoms with Crippen molar-refractivity contribution in [2.75, 3.05) is 6.61 Å². The van der Waals surface area contributed by atoms with Crippen LogP contribution in [0.2, 0.25) is 5.02 Å². The molecule has 4 nitrogen and oxygen atoms in total. The van der Waals surface area contributed by atoms with Crippen molar-refractivity contribution in [1.29, 1.82) is 0 Å². The largest absolute Gasteiger partial charge is 0.493 e. The molecule has 20 heavy (non-hydrogen) atoms. The number of benzene rings is 1. The summed E-state index contributed by atoms with van der Waals surface area (Å²) in [5, 5.41) is 3.35. The summed E-state index contributed by atoms with van der Waals surface area (Å²) in [6.45, 7) is 0.589. The van der Waals surface area contributed by atoms with Crippen molar-refractivity contribution in [1.82, 2.24) is 10.3 Å². The molecule has 1 N–H and O–H groups in total. The minimum Gasteiger partial charge on any atom is -0.493 e. The maximum Gasteiger partial charge on any atom is 0.253 e.